The van der Waals surface area contributed by atoms with Crippen LogP contribution in [0.5, 0.6) is 0 Å². The topological polar surface area (TPSA) is 54.7 Å². The Morgan fingerprint density at radius 2 is 2.23 bits per heavy atom. The van der Waals surface area contributed by atoms with Crippen molar-refractivity contribution in [3.63, 3.8) is 0 Å². The molecule has 0 aromatic carbocycles. The van der Waals surface area contributed by atoms with Gasteiger partial charge in [-0.1, -0.05) is 0 Å². The summed E-state index contributed by atoms with van der Waals surface area (Å²) in [6.45, 7) is 10.6. The lowest BCUT2D eigenvalue weighted by Gasteiger charge is -2.39. The van der Waals surface area contributed by atoms with E-state index < -0.39 is 5.60 Å². The summed E-state index contributed by atoms with van der Waals surface area (Å²) in [5.41, 5.74) is -0.445. The van der Waals surface area contributed by atoms with Crippen LogP contribution in [0.25, 0.3) is 0 Å². The molecule has 1 aromatic rings. The van der Waals surface area contributed by atoms with Crippen LogP contribution in [-0.4, -0.2) is 35.2 Å². The first-order chi connectivity index (χ1) is 10.3. The van der Waals surface area contributed by atoms with Gasteiger partial charge in [-0.05, 0) is 59.6 Å². The number of nitrogens with one attached hydrogen (secondary N) is 1. The molecule has 2 heterocycles. The van der Waals surface area contributed by atoms with Gasteiger partial charge in [0.05, 0.1) is 12.3 Å². The van der Waals surface area contributed by atoms with Crippen molar-refractivity contribution in [1.29, 1.82) is 0 Å². The van der Waals surface area contributed by atoms with E-state index in [1.165, 1.54) is 0 Å². The molecular weight excluding hydrogens is 280 g/mol. The van der Waals surface area contributed by atoms with E-state index in [1.807, 2.05) is 37.8 Å². The standard InChI is InChI=1S/C17H28N2O3/c1-12-11-14(18-13(2)15-7-6-10-21-15)8-9-19(12)16(20)22-17(3,4)5/h6-7,10,12-14,18H,8-9,11H2,1-5H3. The highest BCUT2D eigenvalue weighted by atomic mass is 16.6. The third kappa shape index (κ3) is 4.50. The van der Waals surface area contributed by atoms with Gasteiger partial charge in [-0.15, -0.1) is 0 Å². The molecule has 1 saturated heterocycles. The van der Waals surface area contributed by atoms with Gasteiger partial charge in [0.1, 0.15) is 11.4 Å². The Labute approximate surface area is 133 Å². The molecule has 0 radical (unpaired) electrons. The number of piperidine rings is 1. The molecule has 1 amide bonds. The van der Waals surface area contributed by atoms with Crippen LogP contribution in [0, 0.1) is 0 Å². The Hall–Kier alpha value is -1.49. The SMILES string of the molecule is CC(NC1CCN(C(=O)OC(C)(C)C)C(C)C1)c1ccco1. The maximum absolute atomic E-state index is 12.2. The third-order valence-corrected chi connectivity index (χ3v) is 3.96. The highest BCUT2D eigenvalue weighted by Gasteiger charge is 2.32. The van der Waals surface area contributed by atoms with E-state index >= 15 is 0 Å². The van der Waals surface area contributed by atoms with Crippen molar-refractivity contribution in [3.8, 4) is 0 Å². The molecule has 22 heavy (non-hydrogen) atoms. The van der Waals surface area contributed by atoms with Gasteiger partial charge in [0.25, 0.3) is 0 Å². The summed E-state index contributed by atoms with van der Waals surface area (Å²) in [6, 6.07) is 4.62. The largest absolute Gasteiger partial charge is 0.468 e. The molecule has 1 N–H and O–H groups in total. The van der Waals surface area contributed by atoms with Crippen molar-refractivity contribution in [3.05, 3.63) is 24.2 Å². The molecular formula is C17H28N2O3. The predicted molar refractivity (Wildman–Crippen MR) is 85.7 cm³/mol. The fourth-order valence-corrected chi connectivity index (χ4v) is 2.89. The maximum Gasteiger partial charge on any atom is 0.410 e. The number of carbonyl (C=O) groups excluding carboxylic acids is 1. The van der Waals surface area contributed by atoms with E-state index in [2.05, 4.69) is 19.2 Å². The van der Waals surface area contributed by atoms with Gasteiger partial charge in [-0.3, -0.25) is 0 Å². The van der Waals surface area contributed by atoms with Gasteiger partial charge < -0.3 is 19.4 Å². The Balaban J connectivity index is 1.86. The quantitative estimate of drug-likeness (QED) is 0.924. The molecule has 1 fully saturated rings. The van der Waals surface area contributed by atoms with E-state index in [4.69, 9.17) is 9.15 Å². The number of likely N-dealkylation sites (tertiary alicyclic amines) is 1. The average molecular weight is 308 g/mol. The summed E-state index contributed by atoms with van der Waals surface area (Å²) in [4.78, 5) is 14.0. The fraction of sp³-hybridized carbons (Fsp3) is 0.706. The Morgan fingerprint density at radius 3 is 2.77 bits per heavy atom. The smallest absolute Gasteiger partial charge is 0.410 e. The lowest BCUT2D eigenvalue weighted by Crippen LogP contribution is -2.51. The fourth-order valence-electron chi connectivity index (χ4n) is 2.89. The molecule has 1 aliphatic rings. The van der Waals surface area contributed by atoms with Crippen molar-refractivity contribution >= 4 is 6.09 Å². The van der Waals surface area contributed by atoms with Crippen molar-refractivity contribution in [2.45, 2.75) is 71.2 Å². The highest BCUT2D eigenvalue weighted by molar-refractivity contribution is 5.68. The molecule has 3 atom stereocenters. The van der Waals surface area contributed by atoms with Gasteiger partial charge in [-0.25, -0.2) is 4.79 Å². The van der Waals surface area contributed by atoms with Gasteiger partial charge >= 0.3 is 6.09 Å². The van der Waals surface area contributed by atoms with Crippen LogP contribution in [0.2, 0.25) is 0 Å². The van der Waals surface area contributed by atoms with Crippen molar-refractivity contribution < 1.29 is 13.9 Å². The molecule has 1 aliphatic heterocycles. The number of nitrogens with zero attached hydrogens (tertiary/aromatic N) is 1. The van der Waals surface area contributed by atoms with Crippen LogP contribution in [0.15, 0.2) is 22.8 Å². The summed E-state index contributed by atoms with van der Waals surface area (Å²) < 4.78 is 10.9. The molecule has 0 bridgehead atoms. The number of hydrogen-bond donors (Lipinski definition) is 1. The number of carbonyl (C=O) groups is 1. The highest BCUT2D eigenvalue weighted by Crippen LogP contribution is 2.23. The second-order valence-electron chi connectivity index (χ2n) is 7.15. The zero-order valence-corrected chi connectivity index (χ0v) is 14.3. The number of furan rings is 1. The van der Waals surface area contributed by atoms with Crippen molar-refractivity contribution in [1.82, 2.24) is 10.2 Å². The molecule has 0 saturated carbocycles. The lowest BCUT2D eigenvalue weighted by molar-refractivity contribution is 0.00895. The molecule has 3 unspecified atom stereocenters. The van der Waals surface area contributed by atoms with E-state index in [9.17, 15) is 4.79 Å². The minimum atomic E-state index is -0.445. The summed E-state index contributed by atoms with van der Waals surface area (Å²) in [5, 5.41) is 3.59. The average Bonchev–Trinajstić information content (AvgIpc) is 2.90. The molecule has 0 spiro atoms. The third-order valence-electron chi connectivity index (χ3n) is 3.96. The first-order valence-corrected chi connectivity index (χ1v) is 8.05. The number of amides is 1. The molecule has 1 aromatic heterocycles. The minimum Gasteiger partial charge on any atom is -0.468 e. The molecule has 124 valence electrons. The zero-order chi connectivity index (χ0) is 16.3. The first kappa shape index (κ1) is 16.9. The van der Waals surface area contributed by atoms with Crippen molar-refractivity contribution in [2.75, 3.05) is 6.54 Å². The number of hydrogen-bond acceptors (Lipinski definition) is 4. The monoisotopic (exact) mass is 308 g/mol. The van der Waals surface area contributed by atoms with E-state index in [1.54, 1.807) is 6.26 Å². The van der Waals surface area contributed by atoms with Crippen LogP contribution < -0.4 is 5.32 Å². The van der Waals surface area contributed by atoms with E-state index in [0.717, 1.165) is 25.1 Å². The first-order valence-electron chi connectivity index (χ1n) is 8.05. The number of rotatable bonds is 3. The minimum absolute atomic E-state index is 0.171. The second-order valence-corrected chi connectivity index (χ2v) is 7.15. The summed E-state index contributed by atoms with van der Waals surface area (Å²) in [7, 11) is 0. The Bertz CT molecular complexity index is 479. The molecule has 2 rings (SSSR count). The Morgan fingerprint density at radius 1 is 1.50 bits per heavy atom. The summed E-state index contributed by atoms with van der Waals surface area (Å²) >= 11 is 0. The van der Waals surface area contributed by atoms with E-state index in [-0.39, 0.29) is 18.2 Å². The van der Waals surface area contributed by atoms with Gasteiger partial charge in [0, 0.05) is 18.6 Å². The van der Waals surface area contributed by atoms with Gasteiger partial charge in [0.2, 0.25) is 0 Å². The maximum atomic E-state index is 12.2. The van der Waals surface area contributed by atoms with Crippen LogP contribution in [-0.2, 0) is 4.74 Å². The number of ether oxygens (including phenoxy) is 1. The van der Waals surface area contributed by atoms with Gasteiger partial charge in [0.15, 0.2) is 0 Å². The predicted octanol–water partition coefficient (Wildman–Crippen LogP) is 3.72. The summed E-state index contributed by atoms with van der Waals surface area (Å²) in [5.74, 6) is 0.947. The zero-order valence-electron chi connectivity index (χ0n) is 14.3. The molecule has 0 aliphatic carbocycles. The van der Waals surface area contributed by atoms with Crippen molar-refractivity contribution in [2.24, 2.45) is 0 Å². The van der Waals surface area contributed by atoms with Crippen LogP contribution >= 0.6 is 0 Å². The van der Waals surface area contributed by atoms with E-state index in [0.29, 0.717) is 6.04 Å². The normalized spacial score (nSPS) is 24.1. The second kappa shape index (κ2) is 6.73. The van der Waals surface area contributed by atoms with Gasteiger partial charge in [-0.2, -0.15) is 0 Å². The van der Waals surface area contributed by atoms with Crippen LogP contribution in [0.3, 0.4) is 0 Å². The molecule has 5 heteroatoms. The van der Waals surface area contributed by atoms with Crippen LogP contribution in [0.4, 0.5) is 4.79 Å². The Kier molecular flexibility index (Phi) is 5.16. The van der Waals surface area contributed by atoms with Crippen LogP contribution in [0.1, 0.15) is 59.3 Å². The lowest BCUT2D eigenvalue weighted by atomic mass is 9.97. The summed E-state index contributed by atoms with van der Waals surface area (Å²) in [6.07, 6.45) is 3.33. The molecule has 5 nitrogen and oxygen atoms in total.